The van der Waals surface area contributed by atoms with E-state index in [4.69, 9.17) is 5.73 Å². The first-order valence-electron chi connectivity index (χ1n) is 7.47. The van der Waals surface area contributed by atoms with Gasteiger partial charge in [0.1, 0.15) is 17.3 Å². The van der Waals surface area contributed by atoms with Gasteiger partial charge in [-0.05, 0) is 29.5 Å². The first-order valence-corrected chi connectivity index (χ1v) is 7.47. The molecule has 0 saturated carbocycles. The maximum Gasteiger partial charge on any atom is 0.135 e. The summed E-state index contributed by atoms with van der Waals surface area (Å²) in [6, 6.07) is 16.7. The number of phenolic OH excluding ortho intramolecular Hbond substituents is 2. The van der Waals surface area contributed by atoms with Crippen LogP contribution in [0.5, 0.6) is 11.5 Å². The summed E-state index contributed by atoms with van der Waals surface area (Å²) >= 11 is 0. The van der Waals surface area contributed by atoms with Crippen molar-refractivity contribution in [2.75, 3.05) is 0 Å². The van der Waals surface area contributed by atoms with Gasteiger partial charge in [-0.15, -0.1) is 0 Å². The molecule has 3 aromatic rings. The molecule has 4 nitrogen and oxygen atoms in total. The topological polar surface area (TPSA) is 78.8 Å². The fourth-order valence-corrected chi connectivity index (χ4v) is 2.61. The standard InChI is InChI=1S/C19H18N2O2/c1-2-12-10-15(18(23)11-17(12)22)19(20)21-16-9-5-7-13-6-3-4-8-14(13)16/h3-11,22-23H,2H2,1H3,(H2,20,21). The molecule has 3 aromatic carbocycles. The molecule has 4 N–H and O–H groups in total. The molecule has 0 aliphatic rings. The van der Waals surface area contributed by atoms with Gasteiger partial charge in [0.2, 0.25) is 0 Å². The summed E-state index contributed by atoms with van der Waals surface area (Å²) in [5.74, 6) is 0.196. The van der Waals surface area contributed by atoms with E-state index < -0.39 is 0 Å². The van der Waals surface area contributed by atoms with Crippen molar-refractivity contribution in [2.45, 2.75) is 13.3 Å². The third-order valence-corrected chi connectivity index (χ3v) is 3.86. The van der Waals surface area contributed by atoms with E-state index in [1.807, 2.05) is 49.4 Å². The zero-order valence-electron chi connectivity index (χ0n) is 12.8. The summed E-state index contributed by atoms with van der Waals surface area (Å²) in [6.07, 6.45) is 0.640. The molecule has 3 rings (SSSR count). The van der Waals surface area contributed by atoms with Gasteiger partial charge in [0.15, 0.2) is 0 Å². The molecule has 0 fully saturated rings. The lowest BCUT2D eigenvalue weighted by molar-refractivity contribution is 0.445. The third kappa shape index (κ3) is 2.83. The average Bonchev–Trinajstić information content (AvgIpc) is 2.55. The second kappa shape index (κ2) is 6.01. The van der Waals surface area contributed by atoms with Crippen molar-refractivity contribution in [3.05, 3.63) is 65.7 Å². The molecular formula is C19H18N2O2. The summed E-state index contributed by atoms with van der Waals surface area (Å²) in [5.41, 5.74) is 7.98. The molecule has 0 aliphatic carbocycles. The Morgan fingerprint density at radius 1 is 1.00 bits per heavy atom. The van der Waals surface area contributed by atoms with Crippen molar-refractivity contribution in [1.29, 1.82) is 0 Å². The lowest BCUT2D eigenvalue weighted by Gasteiger charge is -2.09. The van der Waals surface area contributed by atoms with Gasteiger partial charge in [0, 0.05) is 11.5 Å². The van der Waals surface area contributed by atoms with E-state index in [0.29, 0.717) is 17.5 Å². The molecule has 0 heterocycles. The highest BCUT2D eigenvalue weighted by atomic mass is 16.3. The Balaban J connectivity index is 2.12. The maximum absolute atomic E-state index is 10.1. The second-order valence-electron chi connectivity index (χ2n) is 5.35. The summed E-state index contributed by atoms with van der Waals surface area (Å²) in [5, 5.41) is 21.9. The number of aliphatic imine (C=N–C) groups is 1. The average molecular weight is 306 g/mol. The largest absolute Gasteiger partial charge is 0.508 e. The van der Waals surface area contributed by atoms with Crippen molar-refractivity contribution in [3.63, 3.8) is 0 Å². The number of hydrogen-bond acceptors (Lipinski definition) is 3. The Kier molecular flexibility index (Phi) is 3.89. The number of benzene rings is 3. The van der Waals surface area contributed by atoms with Gasteiger partial charge >= 0.3 is 0 Å². The van der Waals surface area contributed by atoms with Crippen LogP contribution >= 0.6 is 0 Å². The number of fused-ring (bicyclic) bond motifs is 1. The van der Waals surface area contributed by atoms with Gasteiger partial charge in [-0.3, -0.25) is 0 Å². The zero-order valence-corrected chi connectivity index (χ0v) is 12.8. The molecule has 0 atom stereocenters. The molecular weight excluding hydrogens is 288 g/mol. The highest BCUT2D eigenvalue weighted by Crippen LogP contribution is 2.30. The summed E-state index contributed by atoms with van der Waals surface area (Å²) in [4.78, 5) is 4.48. The number of phenols is 2. The Bertz CT molecular complexity index is 896. The summed E-state index contributed by atoms with van der Waals surface area (Å²) < 4.78 is 0. The van der Waals surface area contributed by atoms with Crippen molar-refractivity contribution in [1.82, 2.24) is 0 Å². The number of nitrogens with zero attached hydrogens (tertiary/aromatic N) is 1. The van der Waals surface area contributed by atoms with Crippen LogP contribution in [0.2, 0.25) is 0 Å². The van der Waals surface area contributed by atoms with Crippen LogP contribution < -0.4 is 5.73 Å². The van der Waals surface area contributed by atoms with Gasteiger partial charge in [-0.2, -0.15) is 0 Å². The van der Waals surface area contributed by atoms with E-state index in [1.54, 1.807) is 6.07 Å². The zero-order chi connectivity index (χ0) is 16.4. The molecule has 23 heavy (non-hydrogen) atoms. The molecule has 0 aromatic heterocycles. The van der Waals surface area contributed by atoms with Gasteiger partial charge in [0.25, 0.3) is 0 Å². The lowest BCUT2D eigenvalue weighted by Crippen LogP contribution is -2.13. The quantitative estimate of drug-likeness (QED) is 0.508. The molecule has 4 heteroatoms. The Morgan fingerprint density at radius 2 is 1.74 bits per heavy atom. The van der Waals surface area contributed by atoms with E-state index in [0.717, 1.165) is 16.5 Å². The number of nitrogens with two attached hydrogens (primary N) is 1. The molecule has 0 spiro atoms. The minimum Gasteiger partial charge on any atom is -0.508 e. The van der Waals surface area contributed by atoms with Crippen LogP contribution in [0.4, 0.5) is 5.69 Å². The predicted octanol–water partition coefficient (Wildman–Crippen LogP) is 3.85. The van der Waals surface area contributed by atoms with Gasteiger partial charge in [-0.25, -0.2) is 4.99 Å². The van der Waals surface area contributed by atoms with Crippen LogP contribution in [-0.2, 0) is 6.42 Å². The lowest BCUT2D eigenvalue weighted by atomic mass is 10.1. The van der Waals surface area contributed by atoms with Crippen LogP contribution in [0.15, 0.2) is 59.6 Å². The van der Waals surface area contributed by atoms with E-state index in [9.17, 15) is 10.2 Å². The van der Waals surface area contributed by atoms with Crippen molar-refractivity contribution in [3.8, 4) is 11.5 Å². The normalized spacial score (nSPS) is 11.8. The minimum atomic E-state index is -0.0822. The van der Waals surface area contributed by atoms with E-state index in [1.165, 1.54) is 6.07 Å². The smallest absolute Gasteiger partial charge is 0.135 e. The molecule has 0 amide bonds. The fourth-order valence-electron chi connectivity index (χ4n) is 2.61. The Labute approximate surface area is 134 Å². The Hall–Kier alpha value is -3.01. The highest BCUT2D eigenvalue weighted by Gasteiger charge is 2.11. The molecule has 0 aliphatic heterocycles. The number of amidine groups is 1. The molecule has 0 unspecified atom stereocenters. The van der Waals surface area contributed by atoms with Crippen molar-refractivity contribution >= 4 is 22.3 Å². The minimum absolute atomic E-state index is 0.0618. The first-order chi connectivity index (χ1) is 11.1. The molecule has 0 saturated heterocycles. The van der Waals surface area contributed by atoms with Gasteiger partial charge in [0.05, 0.1) is 11.3 Å². The molecule has 0 radical (unpaired) electrons. The van der Waals surface area contributed by atoms with Gasteiger partial charge in [-0.1, -0.05) is 43.3 Å². The molecule has 0 bridgehead atoms. The third-order valence-electron chi connectivity index (χ3n) is 3.86. The van der Waals surface area contributed by atoms with E-state index in [-0.39, 0.29) is 17.3 Å². The van der Waals surface area contributed by atoms with E-state index in [2.05, 4.69) is 4.99 Å². The first kappa shape index (κ1) is 14.9. The van der Waals surface area contributed by atoms with Crippen LogP contribution in [0, 0.1) is 0 Å². The second-order valence-corrected chi connectivity index (χ2v) is 5.35. The van der Waals surface area contributed by atoms with Crippen LogP contribution in [0.25, 0.3) is 10.8 Å². The monoisotopic (exact) mass is 306 g/mol. The van der Waals surface area contributed by atoms with Crippen LogP contribution in [0.1, 0.15) is 18.1 Å². The number of aryl methyl sites for hydroxylation is 1. The van der Waals surface area contributed by atoms with Crippen LogP contribution in [0.3, 0.4) is 0 Å². The van der Waals surface area contributed by atoms with Crippen LogP contribution in [-0.4, -0.2) is 16.0 Å². The maximum atomic E-state index is 10.1. The summed E-state index contributed by atoms with van der Waals surface area (Å²) in [6.45, 7) is 1.92. The summed E-state index contributed by atoms with van der Waals surface area (Å²) in [7, 11) is 0. The Morgan fingerprint density at radius 3 is 2.52 bits per heavy atom. The SMILES string of the molecule is CCc1cc(C(N)=Nc2cccc3ccccc23)c(O)cc1O. The van der Waals surface area contributed by atoms with E-state index >= 15 is 0 Å². The number of rotatable bonds is 3. The number of hydrogen-bond donors (Lipinski definition) is 3. The molecule has 116 valence electrons. The predicted molar refractivity (Wildman–Crippen MR) is 93.5 cm³/mol. The van der Waals surface area contributed by atoms with Crippen molar-refractivity contribution < 1.29 is 10.2 Å². The highest BCUT2D eigenvalue weighted by molar-refractivity contribution is 6.04. The van der Waals surface area contributed by atoms with Crippen molar-refractivity contribution in [2.24, 2.45) is 10.7 Å². The van der Waals surface area contributed by atoms with Gasteiger partial charge < -0.3 is 15.9 Å². The fraction of sp³-hybridized carbons (Fsp3) is 0.105. The number of aromatic hydroxyl groups is 2.